The van der Waals surface area contributed by atoms with E-state index < -0.39 is 0 Å². The molecule has 3 heterocycles. The van der Waals surface area contributed by atoms with Crippen LogP contribution in [0, 0.1) is 6.92 Å². The van der Waals surface area contributed by atoms with Gasteiger partial charge in [0.25, 0.3) is 0 Å². The first-order chi connectivity index (χ1) is 8.72. The van der Waals surface area contributed by atoms with Crippen molar-refractivity contribution in [3.8, 4) is 0 Å². The van der Waals surface area contributed by atoms with Crippen molar-refractivity contribution in [3.63, 3.8) is 0 Å². The number of hydrogen-bond donors (Lipinski definition) is 3. The monoisotopic (exact) mass is 261 g/mol. The van der Waals surface area contributed by atoms with E-state index in [1.807, 2.05) is 12.3 Å². The zero-order chi connectivity index (χ0) is 12.5. The Morgan fingerprint density at radius 2 is 2.28 bits per heavy atom. The third-order valence-corrected chi connectivity index (χ3v) is 3.37. The minimum absolute atomic E-state index is 0.213. The maximum absolute atomic E-state index is 5.63. The molecule has 0 bridgehead atoms. The lowest BCUT2D eigenvalue weighted by Crippen LogP contribution is -2.04. The van der Waals surface area contributed by atoms with Crippen molar-refractivity contribution >= 4 is 34.1 Å². The molecule has 0 aliphatic carbocycles. The molecular weight excluding hydrogens is 250 g/mol. The maximum Gasteiger partial charge on any atom is 0.224 e. The highest BCUT2D eigenvalue weighted by Gasteiger charge is 2.08. The summed E-state index contributed by atoms with van der Waals surface area (Å²) >= 11 is 1.61. The van der Waals surface area contributed by atoms with Crippen LogP contribution < -0.4 is 11.1 Å². The third-order valence-electron chi connectivity index (χ3n) is 2.40. The number of hydrogen-bond acceptors (Lipinski definition) is 7. The van der Waals surface area contributed by atoms with Gasteiger partial charge in [0.05, 0.1) is 18.1 Å². The van der Waals surface area contributed by atoms with Crippen molar-refractivity contribution in [2.24, 2.45) is 0 Å². The van der Waals surface area contributed by atoms with Crippen molar-refractivity contribution in [1.29, 1.82) is 0 Å². The fraction of sp³-hybridized carbons (Fsp3) is 0.200. The van der Waals surface area contributed by atoms with Gasteiger partial charge in [0, 0.05) is 11.1 Å². The molecule has 92 valence electrons. The third kappa shape index (κ3) is 1.97. The lowest BCUT2D eigenvalue weighted by molar-refractivity contribution is 1.06. The standard InChI is InChI=1S/C10H11N7S/c1-5-4-18-7(14-5)3-12-8-6-2-13-17-9(6)16-10(11)15-8/h2,4H,3H2,1H3,(H4,11,12,13,15,16,17). The average molecular weight is 261 g/mol. The summed E-state index contributed by atoms with van der Waals surface area (Å²) in [4.78, 5) is 12.6. The van der Waals surface area contributed by atoms with Gasteiger partial charge in [-0.25, -0.2) is 4.98 Å². The van der Waals surface area contributed by atoms with Crippen LogP contribution in [0.5, 0.6) is 0 Å². The van der Waals surface area contributed by atoms with Gasteiger partial charge < -0.3 is 11.1 Å². The average Bonchev–Trinajstić information content (AvgIpc) is 2.94. The zero-order valence-electron chi connectivity index (χ0n) is 9.64. The highest BCUT2D eigenvalue weighted by atomic mass is 32.1. The van der Waals surface area contributed by atoms with Gasteiger partial charge in [-0.1, -0.05) is 0 Å². The van der Waals surface area contributed by atoms with Crippen LogP contribution in [0.15, 0.2) is 11.6 Å². The molecule has 18 heavy (non-hydrogen) atoms. The molecule has 0 amide bonds. The summed E-state index contributed by atoms with van der Waals surface area (Å²) in [5.74, 6) is 0.878. The van der Waals surface area contributed by atoms with Crippen molar-refractivity contribution in [2.75, 3.05) is 11.1 Å². The van der Waals surface area contributed by atoms with Crippen molar-refractivity contribution < 1.29 is 0 Å². The molecule has 0 saturated carbocycles. The summed E-state index contributed by atoms with van der Waals surface area (Å²) in [6, 6.07) is 0. The smallest absolute Gasteiger partial charge is 0.224 e. The van der Waals surface area contributed by atoms with E-state index >= 15 is 0 Å². The van der Waals surface area contributed by atoms with Gasteiger partial charge in [-0.15, -0.1) is 11.3 Å². The summed E-state index contributed by atoms with van der Waals surface area (Å²) in [6.45, 7) is 2.58. The number of nitrogen functional groups attached to an aromatic ring is 1. The highest BCUT2D eigenvalue weighted by Crippen LogP contribution is 2.20. The first kappa shape index (κ1) is 10.9. The van der Waals surface area contributed by atoms with E-state index in [9.17, 15) is 0 Å². The molecule has 0 spiro atoms. The van der Waals surface area contributed by atoms with Gasteiger partial charge in [0.15, 0.2) is 5.65 Å². The number of rotatable bonds is 3. The van der Waals surface area contributed by atoms with Gasteiger partial charge >= 0.3 is 0 Å². The molecule has 7 nitrogen and oxygen atoms in total. The highest BCUT2D eigenvalue weighted by molar-refractivity contribution is 7.09. The lowest BCUT2D eigenvalue weighted by atomic mass is 10.4. The number of aromatic amines is 1. The summed E-state index contributed by atoms with van der Waals surface area (Å²) < 4.78 is 0. The largest absolute Gasteiger partial charge is 0.368 e. The molecule has 0 radical (unpaired) electrons. The van der Waals surface area contributed by atoms with E-state index in [4.69, 9.17) is 5.73 Å². The number of nitrogens with two attached hydrogens (primary N) is 1. The van der Waals surface area contributed by atoms with Gasteiger partial charge in [-0.2, -0.15) is 15.1 Å². The maximum atomic E-state index is 5.63. The predicted octanol–water partition coefficient (Wildman–Crippen LogP) is 1.31. The van der Waals surface area contributed by atoms with Crippen LogP contribution in [0.4, 0.5) is 11.8 Å². The number of H-pyrrole nitrogens is 1. The summed E-state index contributed by atoms with van der Waals surface area (Å²) in [5.41, 5.74) is 7.28. The Hall–Kier alpha value is -2.22. The molecule has 0 aliphatic heterocycles. The zero-order valence-corrected chi connectivity index (χ0v) is 10.5. The SMILES string of the molecule is Cc1csc(CNc2nc(N)nc3[nH]ncc23)n1. The summed E-state index contributed by atoms with van der Waals surface area (Å²) in [6.07, 6.45) is 1.67. The lowest BCUT2D eigenvalue weighted by Gasteiger charge is -2.04. The Labute approximate surface area is 106 Å². The minimum Gasteiger partial charge on any atom is -0.368 e. The Morgan fingerprint density at radius 1 is 1.39 bits per heavy atom. The molecule has 0 fully saturated rings. The summed E-state index contributed by atoms with van der Waals surface area (Å²) in [5, 5.41) is 13.7. The fourth-order valence-corrected chi connectivity index (χ4v) is 2.34. The molecule has 0 atom stereocenters. The normalized spacial score (nSPS) is 10.9. The van der Waals surface area contributed by atoms with Crippen LogP contribution in [0.2, 0.25) is 0 Å². The van der Waals surface area contributed by atoms with Gasteiger partial charge in [-0.05, 0) is 6.92 Å². The second-order valence-corrected chi connectivity index (χ2v) is 4.74. The van der Waals surface area contributed by atoms with Crippen LogP contribution in [0.1, 0.15) is 10.7 Å². The molecular formula is C10H11N7S. The van der Waals surface area contributed by atoms with E-state index in [0.29, 0.717) is 18.0 Å². The van der Waals surface area contributed by atoms with Gasteiger partial charge in [-0.3, -0.25) is 5.10 Å². The van der Waals surface area contributed by atoms with E-state index in [1.54, 1.807) is 17.5 Å². The first-order valence-electron chi connectivity index (χ1n) is 5.34. The number of fused-ring (bicyclic) bond motifs is 1. The molecule has 3 aromatic heterocycles. The molecule has 0 aromatic carbocycles. The number of thiazole rings is 1. The Bertz CT molecular complexity index is 686. The molecule has 0 unspecified atom stereocenters. The van der Waals surface area contributed by atoms with Gasteiger partial charge in [0.2, 0.25) is 5.95 Å². The molecule has 3 rings (SSSR count). The number of aryl methyl sites for hydroxylation is 1. The Balaban J connectivity index is 1.87. The fourth-order valence-electron chi connectivity index (χ4n) is 1.63. The number of anilines is 2. The number of nitrogens with one attached hydrogen (secondary N) is 2. The molecule has 0 aliphatic rings. The Morgan fingerprint density at radius 3 is 3.06 bits per heavy atom. The topological polar surface area (TPSA) is 105 Å². The quantitative estimate of drug-likeness (QED) is 0.656. The van der Waals surface area contributed by atoms with Crippen LogP contribution in [0.25, 0.3) is 11.0 Å². The first-order valence-corrected chi connectivity index (χ1v) is 6.22. The van der Waals surface area contributed by atoms with Crippen molar-refractivity contribution in [2.45, 2.75) is 13.5 Å². The van der Waals surface area contributed by atoms with Crippen LogP contribution in [-0.4, -0.2) is 25.1 Å². The second-order valence-electron chi connectivity index (χ2n) is 3.80. The van der Waals surface area contributed by atoms with Crippen LogP contribution in [0.3, 0.4) is 0 Å². The molecule has 0 saturated heterocycles. The van der Waals surface area contributed by atoms with Crippen LogP contribution >= 0.6 is 11.3 Å². The van der Waals surface area contributed by atoms with Crippen molar-refractivity contribution in [1.82, 2.24) is 25.1 Å². The Kier molecular flexibility index (Phi) is 2.56. The van der Waals surface area contributed by atoms with E-state index in [1.165, 1.54) is 0 Å². The van der Waals surface area contributed by atoms with E-state index in [0.717, 1.165) is 16.1 Å². The van der Waals surface area contributed by atoms with E-state index in [2.05, 4.69) is 30.5 Å². The van der Waals surface area contributed by atoms with Gasteiger partial charge in [0.1, 0.15) is 10.8 Å². The molecule has 3 aromatic rings. The molecule has 4 N–H and O–H groups in total. The van der Waals surface area contributed by atoms with E-state index in [-0.39, 0.29) is 5.95 Å². The second kappa shape index (κ2) is 4.22. The number of aromatic nitrogens is 5. The predicted molar refractivity (Wildman–Crippen MR) is 70.3 cm³/mol. The summed E-state index contributed by atoms with van der Waals surface area (Å²) in [7, 11) is 0. The van der Waals surface area contributed by atoms with Crippen molar-refractivity contribution in [3.05, 3.63) is 22.3 Å². The molecule has 8 heteroatoms. The van der Waals surface area contributed by atoms with Crippen LogP contribution in [-0.2, 0) is 6.54 Å². The number of nitrogens with zero attached hydrogens (tertiary/aromatic N) is 4. The minimum atomic E-state index is 0.213.